The van der Waals surface area contributed by atoms with E-state index in [1.54, 1.807) is 0 Å². The van der Waals surface area contributed by atoms with Crippen molar-refractivity contribution in [1.29, 1.82) is 0 Å². The van der Waals surface area contributed by atoms with Crippen LogP contribution in [-0.2, 0) is 13.0 Å². The van der Waals surface area contributed by atoms with E-state index >= 15 is 0 Å². The molecular weight excluding hydrogens is 212 g/mol. The molecular formula is C13H22N4. The van der Waals surface area contributed by atoms with Crippen LogP contribution < -0.4 is 10.6 Å². The van der Waals surface area contributed by atoms with Crippen molar-refractivity contribution in [2.45, 2.75) is 46.1 Å². The highest BCUT2D eigenvalue weighted by molar-refractivity contribution is 5.47. The summed E-state index contributed by atoms with van der Waals surface area (Å²) in [4.78, 5) is 9.05. The van der Waals surface area contributed by atoms with Crippen LogP contribution in [0.15, 0.2) is 0 Å². The zero-order valence-electron chi connectivity index (χ0n) is 10.8. The Morgan fingerprint density at radius 2 is 2.18 bits per heavy atom. The van der Waals surface area contributed by atoms with E-state index in [1.807, 2.05) is 6.92 Å². The maximum Gasteiger partial charge on any atom is 0.134 e. The molecule has 2 heterocycles. The smallest absolute Gasteiger partial charge is 0.134 e. The van der Waals surface area contributed by atoms with Gasteiger partial charge in [-0.2, -0.15) is 0 Å². The minimum atomic E-state index is 0.878. The number of nitrogens with one attached hydrogen (secondary N) is 2. The number of fused-ring (bicyclic) bond motifs is 1. The van der Waals surface area contributed by atoms with Crippen LogP contribution in [0.1, 0.15) is 43.3 Å². The molecule has 0 saturated heterocycles. The van der Waals surface area contributed by atoms with E-state index in [2.05, 4.69) is 27.5 Å². The van der Waals surface area contributed by atoms with E-state index in [4.69, 9.17) is 0 Å². The molecule has 4 heteroatoms. The van der Waals surface area contributed by atoms with Crippen LogP contribution in [0, 0.1) is 6.92 Å². The summed E-state index contributed by atoms with van der Waals surface area (Å²) in [6.45, 7) is 7.13. The molecule has 0 unspecified atom stereocenters. The van der Waals surface area contributed by atoms with Gasteiger partial charge in [0.2, 0.25) is 0 Å². The van der Waals surface area contributed by atoms with Crippen molar-refractivity contribution < 1.29 is 0 Å². The van der Waals surface area contributed by atoms with Gasteiger partial charge in [-0.15, -0.1) is 0 Å². The van der Waals surface area contributed by atoms with E-state index in [9.17, 15) is 0 Å². The molecule has 94 valence electrons. The van der Waals surface area contributed by atoms with Crippen molar-refractivity contribution in [2.75, 3.05) is 18.4 Å². The molecule has 0 bridgehead atoms. The number of aromatic nitrogens is 2. The van der Waals surface area contributed by atoms with Gasteiger partial charge in [0.05, 0.1) is 5.69 Å². The Morgan fingerprint density at radius 3 is 3.00 bits per heavy atom. The third-order valence-electron chi connectivity index (χ3n) is 3.12. The van der Waals surface area contributed by atoms with Gasteiger partial charge in [0.25, 0.3) is 0 Å². The van der Waals surface area contributed by atoms with Gasteiger partial charge in [0.1, 0.15) is 11.6 Å². The third-order valence-corrected chi connectivity index (χ3v) is 3.12. The average molecular weight is 234 g/mol. The van der Waals surface area contributed by atoms with Gasteiger partial charge in [0, 0.05) is 31.6 Å². The molecule has 0 aromatic carbocycles. The summed E-state index contributed by atoms with van der Waals surface area (Å²) in [6, 6.07) is 0. The average Bonchev–Trinajstić information content (AvgIpc) is 2.34. The second-order valence-electron chi connectivity index (χ2n) is 4.61. The lowest BCUT2D eigenvalue weighted by atomic mass is 10.1. The summed E-state index contributed by atoms with van der Waals surface area (Å²) in [7, 11) is 0. The SMILES string of the molecule is CCCCCNc1nc(C)nc2c1CNCC2. The van der Waals surface area contributed by atoms with E-state index in [0.29, 0.717) is 0 Å². The van der Waals surface area contributed by atoms with Crippen molar-refractivity contribution in [3.8, 4) is 0 Å². The quantitative estimate of drug-likeness (QED) is 0.765. The van der Waals surface area contributed by atoms with Gasteiger partial charge < -0.3 is 10.6 Å². The minimum Gasteiger partial charge on any atom is -0.370 e. The molecule has 1 aliphatic rings. The first-order valence-corrected chi connectivity index (χ1v) is 6.62. The molecule has 0 radical (unpaired) electrons. The van der Waals surface area contributed by atoms with Crippen molar-refractivity contribution >= 4 is 5.82 Å². The lowest BCUT2D eigenvalue weighted by molar-refractivity contribution is 0.623. The first-order chi connectivity index (χ1) is 8.31. The number of aryl methyl sites for hydroxylation is 1. The Balaban J connectivity index is 2.07. The summed E-state index contributed by atoms with van der Waals surface area (Å²) in [5, 5.41) is 6.84. The fraction of sp³-hybridized carbons (Fsp3) is 0.692. The van der Waals surface area contributed by atoms with Gasteiger partial charge in [-0.25, -0.2) is 9.97 Å². The van der Waals surface area contributed by atoms with Crippen molar-refractivity contribution in [2.24, 2.45) is 0 Å². The summed E-state index contributed by atoms with van der Waals surface area (Å²) >= 11 is 0. The maximum absolute atomic E-state index is 4.53. The Labute approximate surface area is 103 Å². The Morgan fingerprint density at radius 1 is 1.29 bits per heavy atom. The summed E-state index contributed by atoms with van der Waals surface area (Å²) in [6.07, 6.45) is 4.76. The molecule has 1 aliphatic heterocycles. The Hall–Kier alpha value is -1.16. The fourth-order valence-corrected chi connectivity index (χ4v) is 2.19. The lowest BCUT2D eigenvalue weighted by Crippen LogP contribution is -2.27. The molecule has 0 saturated carbocycles. The van der Waals surface area contributed by atoms with Gasteiger partial charge >= 0.3 is 0 Å². The molecule has 1 aromatic heterocycles. The van der Waals surface area contributed by atoms with Gasteiger partial charge in [-0.1, -0.05) is 19.8 Å². The summed E-state index contributed by atoms with van der Waals surface area (Å²) < 4.78 is 0. The number of unbranched alkanes of at least 4 members (excludes halogenated alkanes) is 2. The number of rotatable bonds is 5. The highest BCUT2D eigenvalue weighted by atomic mass is 15.0. The van der Waals surface area contributed by atoms with Crippen LogP contribution in [-0.4, -0.2) is 23.1 Å². The molecule has 2 N–H and O–H groups in total. The van der Waals surface area contributed by atoms with Crippen LogP contribution in [0.4, 0.5) is 5.82 Å². The second kappa shape index (κ2) is 5.96. The molecule has 0 atom stereocenters. The molecule has 0 spiro atoms. The van der Waals surface area contributed by atoms with Gasteiger partial charge in [0.15, 0.2) is 0 Å². The minimum absolute atomic E-state index is 0.878. The van der Waals surface area contributed by atoms with E-state index in [0.717, 1.165) is 37.7 Å². The zero-order chi connectivity index (χ0) is 12.1. The first-order valence-electron chi connectivity index (χ1n) is 6.62. The first kappa shape index (κ1) is 12.3. The predicted octanol–water partition coefficient (Wildman–Crippen LogP) is 2.03. The normalized spacial score (nSPS) is 14.5. The topological polar surface area (TPSA) is 49.8 Å². The van der Waals surface area contributed by atoms with Crippen LogP contribution >= 0.6 is 0 Å². The van der Waals surface area contributed by atoms with Crippen LogP contribution in [0.2, 0.25) is 0 Å². The number of anilines is 1. The third kappa shape index (κ3) is 3.16. The van der Waals surface area contributed by atoms with Crippen LogP contribution in [0.25, 0.3) is 0 Å². The molecule has 0 amide bonds. The summed E-state index contributed by atoms with van der Waals surface area (Å²) in [5.41, 5.74) is 2.48. The standard InChI is InChI=1S/C13H22N4/c1-3-4-5-7-15-13-11-9-14-8-6-12(11)16-10(2)17-13/h14H,3-9H2,1-2H3,(H,15,16,17). The monoisotopic (exact) mass is 234 g/mol. The molecule has 17 heavy (non-hydrogen) atoms. The second-order valence-corrected chi connectivity index (χ2v) is 4.61. The largest absolute Gasteiger partial charge is 0.370 e. The van der Waals surface area contributed by atoms with Gasteiger partial charge in [-0.05, 0) is 13.3 Å². The molecule has 1 aromatic rings. The zero-order valence-corrected chi connectivity index (χ0v) is 10.8. The van der Waals surface area contributed by atoms with Gasteiger partial charge in [-0.3, -0.25) is 0 Å². The summed E-state index contributed by atoms with van der Waals surface area (Å²) in [5.74, 6) is 1.92. The number of nitrogens with zero attached hydrogens (tertiary/aromatic N) is 2. The fourth-order valence-electron chi connectivity index (χ4n) is 2.19. The molecule has 2 rings (SSSR count). The van der Waals surface area contributed by atoms with Crippen LogP contribution in [0.5, 0.6) is 0 Å². The Kier molecular flexibility index (Phi) is 4.31. The number of hydrogen-bond acceptors (Lipinski definition) is 4. The predicted molar refractivity (Wildman–Crippen MR) is 70.2 cm³/mol. The molecule has 0 aliphatic carbocycles. The maximum atomic E-state index is 4.53. The van der Waals surface area contributed by atoms with E-state index < -0.39 is 0 Å². The van der Waals surface area contributed by atoms with Crippen molar-refractivity contribution in [3.05, 3.63) is 17.1 Å². The van der Waals surface area contributed by atoms with Crippen LogP contribution in [0.3, 0.4) is 0 Å². The van der Waals surface area contributed by atoms with E-state index in [1.165, 1.54) is 30.5 Å². The number of hydrogen-bond donors (Lipinski definition) is 2. The van der Waals surface area contributed by atoms with E-state index in [-0.39, 0.29) is 0 Å². The Bertz CT molecular complexity index is 376. The van der Waals surface area contributed by atoms with Crippen molar-refractivity contribution in [1.82, 2.24) is 15.3 Å². The highest BCUT2D eigenvalue weighted by Crippen LogP contribution is 2.19. The van der Waals surface area contributed by atoms with Crippen molar-refractivity contribution in [3.63, 3.8) is 0 Å². The molecule has 0 fully saturated rings. The lowest BCUT2D eigenvalue weighted by Gasteiger charge is -2.20. The molecule has 4 nitrogen and oxygen atoms in total. The highest BCUT2D eigenvalue weighted by Gasteiger charge is 2.15.